The first-order valence-corrected chi connectivity index (χ1v) is 11.6. The molecule has 2 aromatic rings. The van der Waals surface area contributed by atoms with Crippen LogP contribution in [0.3, 0.4) is 0 Å². The van der Waals surface area contributed by atoms with E-state index in [9.17, 15) is 14.4 Å². The number of thiophene rings is 1. The van der Waals surface area contributed by atoms with Gasteiger partial charge in [-0.2, -0.15) is 11.8 Å². The lowest BCUT2D eigenvalue weighted by Crippen LogP contribution is -2.31. The predicted molar refractivity (Wildman–Crippen MR) is 110 cm³/mol. The van der Waals surface area contributed by atoms with Gasteiger partial charge in [0.1, 0.15) is 17.2 Å². The van der Waals surface area contributed by atoms with Crippen LogP contribution in [0.15, 0.2) is 4.79 Å². The normalized spacial score (nSPS) is 15.6. The fraction of sp³-hybridized carbons (Fsp3) is 0.579. The van der Waals surface area contributed by atoms with E-state index in [1.807, 2.05) is 0 Å². The molecule has 2 N–H and O–H groups in total. The van der Waals surface area contributed by atoms with Gasteiger partial charge in [-0.25, -0.2) is 4.98 Å². The van der Waals surface area contributed by atoms with Crippen molar-refractivity contribution in [1.29, 1.82) is 0 Å². The number of carbonyl (C=O) groups excluding carboxylic acids is 2. The van der Waals surface area contributed by atoms with Crippen LogP contribution in [0.25, 0.3) is 10.2 Å². The number of aromatic nitrogens is 2. The van der Waals surface area contributed by atoms with Crippen molar-refractivity contribution in [2.75, 3.05) is 18.9 Å². The van der Waals surface area contributed by atoms with E-state index in [0.717, 1.165) is 42.3 Å². The van der Waals surface area contributed by atoms with Crippen molar-refractivity contribution in [3.05, 3.63) is 26.6 Å². The van der Waals surface area contributed by atoms with Gasteiger partial charge in [0.05, 0.1) is 17.7 Å². The molecule has 1 amide bonds. The molecular formula is C19H23N3O4S2. The minimum absolute atomic E-state index is 0.0533. The number of fused-ring (bicyclic) bond motifs is 3. The number of rotatable bonds is 9. The first-order valence-electron chi connectivity index (χ1n) is 9.63. The first-order chi connectivity index (χ1) is 13.6. The average molecular weight is 422 g/mol. The Morgan fingerprint density at radius 3 is 3.00 bits per heavy atom. The van der Waals surface area contributed by atoms with Gasteiger partial charge in [-0.1, -0.05) is 0 Å². The van der Waals surface area contributed by atoms with E-state index in [1.54, 1.807) is 11.3 Å². The minimum atomic E-state index is -0.383. The maximum Gasteiger partial charge on any atom is 0.325 e. The molecule has 2 heterocycles. The third-order valence-corrected chi connectivity index (χ3v) is 7.10. The van der Waals surface area contributed by atoms with Crippen molar-refractivity contribution in [2.24, 2.45) is 5.92 Å². The highest BCUT2D eigenvalue weighted by molar-refractivity contribution is 7.98. The van der Waals surface area contributed by atoms with Crippen LogP contribution in [0.2, 0.25) is 0 Å². The van der Waals surface area contributed by atoms with Crippen LogP contribution in [-0.2, 0) is 32.9 Å². The number of ether oxygens (including phenoxy) is 1. The van der Waals surface area contributed by atoms with Crippen molar-refractivity contribution < 1.29 is 14.3 Å². The van der Waals surface area contributed by atoms with E-state index in [0.29, 0.717) is 36.3 Å². The number of aryl methyl sites for hydroxylation is 2. The van der Waals surface area contributed by atoms with E-state index in [2.05, 4.69) is 15.3 Å². The molecule has 0 unspecified atom stereocenters. The highest BCUT2D eigenvalue weighted by Gasteiger charge is 2.23. The molecule has 7 nitrogen and oxygen atoms in total. The number of hydrogen-bond donors (Lipinski definition) is 2. The van der Waals surface area contributed by atoms with Crippen molar-refractivity contribution >= 4 is 45.2 Å². The lowest BCUT2D eigenvalue weighted by Gasteiger charge is -2.06. The van der Waals surface area contributed by atoms with Gasteiger partial charge in [0.15, 0.2) is 0 Å². The number of thioether (sulfide) groups is 1. The van der Waals surface area contributed by atoms with E-state index >= 15 is 0 Å². The number of nitrogens with zero attached hydrogens (tertiary/aromatic N) is 1. The van der Waals surface area contributed by atoms with Crippen LogP contribution >= 0.6 is 23.1 Å². The second kappa shape index (κ2) is 8.65. The largest absolute Gasteiger partial charge is 0.464 e. The molecule has 4 rings (SSSR count). The molecular weight excluding hydrogens is 398 g/mol. The maximum absolute atomic E-state index is 12.4. The van der Waals surface area contributed by atoms with E-state index in [1.165, 1.54) is 22.2 Å². The monoisotopic (exact) mass is 421 g/mol. The van der Waals surface area contributed by atoms with Crippen molar-refractivity contribution in [2.45, 2.75) is 44.3 Å². The average Bonchev–Trinajstić information content (AvgIpc) is 3.28. The van der Waals surface area contributed by atoms with Gasteiger partial charge < -0.3 is 15.0 Å². The van der Waals surface area contributed by atoms with Gasteiger partial charge in [0.25, 0.3) is 5.56 Å². The van der Waals surface area contributed by atoms with Crippen LogP contribution in [0.1, 0.15) is 41.9 Å². The summed E-state index contributed by atoms with van der Waals surface area (Å²) in [4.78, 5) is 45.3. The van der Waals surface area contributed by atoms with Crippen LogP contribution < -0.4 is 10.9 Å². The summed E-state index contributed by atoms with van der Waals surface area (Å²) in [6.07, 6.45) is 5.69. The summed E-state index contributed by atoms with van der Waals surface area (Å²) in [5.41, 5.74) is 1.13. The highest BCUT2D eigenvalue weighted by Crippen LogP contribution is 2.34. The van der Waals surface area contributed by atoms with Crippen LogP contribution in [0.5, 0.6) is 0 Å². The van der Waals surface area contributed by atoms with Crippen molar-refractivity contribution in [1.82, 2.24) is 15.3 Å². The number of esters is 1. The summed E-state index contributed by atoms with van der Waals surface area (Å²) in [5.74, 6) is 1.74. The first kappa shape index (κ1) is 19.4. The molecule has 28 heavy (non-hydrogen) atoms. The van der Waals surface area contributed by atoms with E-state index in [-0.39, 0.29) is 24.0 Å². The molecule has 9 heteroatoms. The zero-order valence-electron chi connectivity index (χ0n) is 15.5. The molecule has 2 aliphatic rings. The summed E-state index contributed by atoms with van der Waals surface area (Å²) < 4.78 is 5.07. The topological polar surface area (TPSA) is 101 Å². The van der Waals surface area contributed by atoms with Gasteiger partial charge >= 0.3 is 5.97 Å². The zero-order chi connectivity index (χ0) is 19.5. The molecule has 150 valence electrons. The Morgan fingerprint density at radius 1 is 1.32 bits per heavy atom. The summed E-state index contributed by atoms with van der Waals surface area (Å²) in [6, 6.07) is 0. The van der Waals surface area contributed by atoms with Crippen LogP contribution in [0, 0.1) is 5.92 Å². The lowest BCUT2D eigenvalue weighted by atomic mass is 10.2. The predicted octanol–water partition coefficient (Wildman–Crippen LogP) is 2.17. The number of nitrogens with one attached hydrogen (secondary N) is 2. The molecule has 1 saturated carbocycles. The second-order valence-corrected chi connectivity index (χ2v) is 9.44. The SMILES string of the molecule is O=C(CCSCc1nc2sc3c(c2c(=O)[nH]1)CCC3)NCC(=O)OCC1CC1. The number of carbonyl (C=O) groups is 2. The molecule has 0 saturated heterocycles. The Kier molecular flexibility index (Phi) is 6.01. The Hall–Kier alpha value is -1.87. The van der Waals surface area contributed by atoms with Crippen molar-refractivity contribution in [3.63, 3.8) is 0 Å². The number of H-pyrrole nitrogens is 1. The molecule has 2 aromatic heterocycles. The zero-order valence-corrected chi connectivity index (χ0v) is 17.2. The third-order valence-electron chi connectivity index (χ3n) is 4.94. The molecule has 2 aliphatic carbocycles. The van der Waals surface area contributed by atoms with Gasteiger partial charge in [-0.05, 0) is 43.6 Å². The Balaban J connectivity index is 1.19. The lowest BCUT2D eigenvalue weighted by molar-refractivity contribution is -0.144. The fourth-order valence-electron chi connectivity index (χ4n) is 3.25. The summed E-state index contributed by atoms with van der Waals surface area (Å²) in [6.45, 7) is 0.387. The summed E-state index contributed by atoms with van der Waals surface area (Å²) >= 11 is 3.16. The minimum Gasteiger partial charge on any atom is -0.464 e. The molecule has 0 atom stereocenters. The Bertz CT molecular complexity index is 949. The number of hydrogen-bond acceptors (Lipinski definition) is 7. The highest BCUT2D eigenvalue weighted by atomic mass is 32.2. The molecule has 0 aromatic carbocycles. The summed E-state index contributed by atoms with van der Waals surface area (Å²) in [7, 11) is 0. The molecule has 0 radical (unpaired) electrons. The second-order valence-electron chi connectivity index (χ2n) is 7.26. The maximum atomic E-state index is 12.4. The standard InChI is InChI=1S/C19H23N3O4S2/c23-15(20-8-16(24)26-9-11-4-5-11)6-7-27-10-14-21-18(25)17-12-2-1-3-13(12)28-19(17)22-14/h11H,1-10H2,(H,20,23)(H,21,22,25). The van der Waals surface area contributed by atoms with Crippen LogP contribution in [0.4, 0.5) is 0 Å². The smallest absolute Gasteiger partial charge is 0.325 e. The van der Waals surface area contributed by atoms with E-state index < -0.39 is 0 Å². The molecule has 0 bridgehead atoms. The van der Waals surface area contributed by atoms with Gasteiger partial charge in [0, 0.05) is 17.1 Å². The van der Waals surface area contributed by atoms with Gasteiger partial charge in [-0.15, -0.1) is 11.3 Å². The number of aromatic amines is 1. The molecule has 1 fully saturated rings. The van der Waals surface area contributed by atoms with E-state index in [4.69, 9.17) is 4.74 Å². The molecule has 0 aliphatic heterocycles. The third kappa shape index (κ3) is 4.75. The summed E-state index contributed by atoms with van der Waals surface area (Å²) in [5, 5.41) is 3.34. The van der Waals surface area contributed by atoms with Crippen LogP contribution in [-0.4, -0.2) is 40.7 Å². The van der Waals surface area contributed by atoms with Gasteiger partial charge in [0.2, 0.25) is 5.91 Å². The van der Waals surface area contributed by atoms with Gasteiger partial charge in [-0.3, -0.25) is 14.4 Å². The van der Waals surface area contributed by atoms with Crippen molar-refractivity contribution in [3.8, 4) is 0 Å². The Labute approximate surface area is 170 Å². The quantitative estimate of drug-likeness (QED) is 0.475. The Morgan fingerprint density at radius 2 is 2.18 bits per heavy atom. The number of amides is 1. The fourth-order valence-corrected chi connectivity index (χ4v) is 5.34. The molecule has 0 spiro atoms.